The molecule has 2 heterocycles. The molecule has 1 aromatic carbocycles. The van der Waals surface area contributed by atoms with Gasteiger partial charge in [-0.15, -0.1) is 0 Å². The molecule has 1 spiro atoms. The Morgan fingerprint density at radius 2 is 2.03 bits per heavy atom. The Morgan fingerprint density at radius 1 is 1.28 bits per heavy atom. The number of methoxy groups -OCH3 is 1. The van der Waals surface area contributed by atoms with E-state index in [0.29, 0.717) is 30.9 Å². The highest BCUT2D eigenvalue weighted by atomic mass is 16.6. The zero-order valence-corrected chi connectivity index (χ0v) is 20.2. The highest BCUT2D eigenvalue weighted by Gasteiger charge is 2.72. The molecule has 11 heteroatoms. The van der Waals surface area contributed by atoms with Crippen LogP contribution in [-0.4, -0.2) is 88.8 Å². The molecular formula is C25H29NO10. The number of aliphatic carboxylic acids is 1. The number of carbonyl (C=O) groups excluding carboxylic acids is 2. The molecule has 3 N–H and O–H groups in total. The van der Waals surface area contributed by atoms with Gasteiger partial charge in [-0.2, -0.15) is 0 Å². The van der Waals surface area contributed by atoms with Gasteiger partial charge in [0.05, 0.1) is 24.5 Å². The van der Waals surface area contributed by atoms with Crippen LogP contribution in [0.1, 0.15) is 37.3 Å². The number of carboxylic acid groups (broad SMARTS) is 1. The predicted octanol–water partition coefficient (Wildman–Crippen LogP) is 0.283. The van der Waals surface area contributed by atoms with Gasteiger partial charge in [-0.3, -0.25) is 4.79 Å². The molecule has 11 nitrogen and oxygen atoms in total. The van der Waals surface area contributed by atoms with E-state index in [4.69, 9.17) is 24.1 Å². The minimum Gasteiger partial charge on any atom is -0.493 e. The average Bonchev–Trinajstić information content (AvgIpc) is 3.18. The third-order valence-corrected chi connectivity index (χ3v) is 8.04. The first-order valence-electron chi connectivity index (χ1n) is 11.8. The number of hydrogen-bond acceptors (Lipinski definition) is 10. The van der Waals surface area contributed by atoms with E-state index in [-0.39, 0.29) is 18.2 Å². The summed E-state index contributed by atoms with van der Waals surface area (Å²) in [5.41, 5.74) is -0.0817. The molecule has 4 aliphatic rings. The van der Waals surface area contributed by atoms with Gasteiger partial charge in [0.2, 0.25) is 0 Å². The van der Waals surface area contributed by atoms with Gasteiger partial charge >= 0.3 is 17.9 Å². The number of piperidine rings is 1. The van der Waals surface area contributed by atoms with Crippen LogP contribution in [0.4, 0.5) is 0 Å². The van der Waals surface area contributed by atoms with E-state index in [1.807, 2.05) is 19.2 Å². The van der Waals surface area contributed by atoms with Crippen molar-refractivity contribution in [2.45, 2.75) is 68.0 Å². The number of aliphatic hydroxyl groups excluding tert-OH is 1. The van der Waals surface area contributed by atoms with Crippen molar-refractivity contribution >= 4 is 17.9 Å². The number of aliphatic hydroxyl groups is 2. The summed E-state index contributed by atoms with van der Waals surface area (Å²) in [7, 11) is 3.53. The van der Waals surface area contributed by atoms with Crippen molar-refractivity contribution < 1.29 is 48.7 Å². The lowest BCUT2D eigenvalue weighted by Gasteiger charge is -2.61. The molecule has 0 aromatic heterocycles. The predicted molar refractivity (Wildman–Crippen MR) is 121 cm³/mol. The van der Waals surface area contributed by atoms with Crippen LogP contribution in [0.5, 0.6) is 11.5 Å². The first-order valence-corrected chi connectivity index (χ1v) is 11.8. The van der Waals surface area contributed by atoms with Gasteiger partial charge in [0.15, 0.2) is 29.8 Å². The molecule has 194 valence electrons. The summed E-state index contributed by atoms with van der Waals surface area (Å²) in [6.45, 7) is 1.98. The van der Waals surface area contributed by atoms with E-state index < -0.39 is 53.7 Å². The SMILES string of the molecule is COc1ccc2c3c1O[C@@H]1C(OC(=O)[C@H](C)OC(=O)[C@@H](O)CC(=O)O)=CC[C@]4(O)[C@H](C2)N(C)CC[C@@]314. The number of rotatable bonds is 7. The Balaban J connectivity index is 1.45. The number of carbonyl (C=O) groups is 3. The maximum absolute atomic E-state index is 12.9. The van der Waals surface area contributed by atoms with Crippen molar-refractivity contribution in [2.75, 3.05) is 20.7 Å². The molecule has 2 aliphatic carbocycles. The number of nitrogens with zero attached hydrogens (tertiary/aromatic N) is 1. The van der Waals surface area contributed by atoms with Gasteiger partial charge in [-0.1, -0.05) is 6.07 Å². The molecule has 36 heavy (non-hydrogen) atoms. The van der Waals surface area contributed by atoms with Crippen LogP contribution in [0.15, 0.2) is 24.0 Å². The summed E-state index contributed by atoms with van der Waals surface area (Å²) in [6.07, 6.45) is -1.89. The van der Waals surface area contributed by atoms with Crippen molar-refractivity contribution in [3.8, 4) is 11.5 Å². The summed E-state index contributed by atoms with van der Waals surface area (Å²) in [5, 5.41) is 30.5. The average molecular weight is 504 g/mol. The highest BCUT2D eigenvalue weighted by molar-refractivity contribution is 5.84. The minimum absolute atomic E-state index is 0.159. The van der Waals surface area contributed by atoms with Crippen LogP contribution >= 0.6 is 0 Å². The Labute approximate surface area is 207 Å². The molecule has 0 unspecified atom stereocenters. The molecule has 2 bridgehead atoms. The summed E-state index contributed by atoms with van der Waals surface area (Å²) >= 11 is 0. The first kappa shape index (κ1) is 24.5. The number of likely N-dealkylation sites (tertiary alicyclic amines) is 1. The van der Waals surface area contributed by atoms with E-state index in [9.17, 15) is 24.6 Å². The summed E-state index contributed by atoms with van der Waals surface area (Å²) < 4.78 is 22.5. The van der Waals surface area contributed by atoms with Crippen LogP contribution < -0.4 is 9.47 Å². The molecule has 1 aromatic rings. The van der Waals surface area contributed by atoms with E-state index in [2.05, 4.69) is 4.90 Å². The molecule has 1 fully saturated rings. The quantitative estimate of drug-likeness (QED) is 0.440. The zero-order valence-electron chi connectivity index (χ0n) is 20.2. The number of carboxylic acids is 1. The lowest BCUT2D eigenvalue weighted by atomic mass is 9.50. The van der Waals surface area contributed by atoms with E-state index >= 15 is 0 Å². The van der Waals surface area contributed by atoms with E-state index in [1.165, 1.54) is 6.92 Å². The van der Waals surface area contributed by atoms with Crippen LogP contribution in [0.25, 0.3) is 0 Å². The number of hydrogen-bond donors (Lipinski definition) is 3. The highest BCUT2D eigenvalue weighted by Crippen LogP contribution is 2.65. The topological polar surface area (TPSA) is 152 Å². The molecule has 1 saturated heterocycles. The first-order chi connectivity index (χ1) is 17.0. The summed E-state index contributed by atoms with van der Waals surface area (Å²) in [5.74, 6) is -2.28. The van der Waals surface area contributed by atoms with Crippen molar-refractivity contribution in [1.82, 2.24) is 4.90 Å². The Hall–Kier alpha value is -3.15. The van der Waals surface area contributed by atoms with Crippen molar-refractivity contribution in [2.24, 2.45) is 0 Å². The van der Waals surface area contributed by atoms with Gasteiger partial charge in [0.25, 0.3) is 0 Å². The van der Waals surface area contributed by atoms with Crippen LogP contribution in [-0.2, 0) is 35.7 Å². The molecular weight excluding hydrogens is 474 g/mol. The van der Waals surface area contributed by atoms with Crippen LogP contribution in [0.3, 0.4) is 0 Å². The lowest BCUT2D eigenvalue weighted by molar-refractivity contribution is -0.178. The largest absolute Gasteiger partial charge is 0.493 e. The van der Waals surface area contributed by atoms with Gasteiger partial charge in [0, 0.05) is 18.0 Å². The molecule has 2 aliphatic heterocycles. The second-order valence-electron chi connectivity index (χ2n) is 9.90. The summed E-state index contributed by atoms with van der Waals surface area (Å²) in [6, 6.07) is 3.67. The van der Waals surface area contributed by atoms with E-state index in [1.54, 1.807) is 13.2 Å². The van der Waals surface area contributed by atoms with Crippen LogP contribution in [0, 0.1) is 0 Å². The molecule has 0 saturated carbocycles. The van der Waals surface area contributed by atoms with Crippen molar-refractivity contribution in [1.29, 1.82) is 0 Å². The molecule has 6 atom stereocenters. The Morgan fingerprint density at radius 3 is 2.72 bits per heavy atom. The van der Waals surface area contributed by atoms with Gasteiger partial charge in [0.1, 0.15) is 5.76 Å². The van der Waals surface area contributed by atoms with Crippen LogP contribution in [0.2, 0.25) is 0 Å². The second-order valence-corrected chi connectivity index (χ2v) is 9.90. The van der Waals surface area contributed by atoms with Gasteiger partial charge in [-0.05, 0) is 51.1 Å². The Kier molecular flexibility index (Phi) is 5.77. The maximum atomic E-state index is 12.9. The standard InChI is InChI=1S/C25H29NO10/c1-12(34-23(31)14(27)11-18(28)29)22(30)35-16-6-7-25(32)17-10-13-4-5-15(33-3)20-19(13)24(25,21(16)36-20)8-9-26(17)2/h4-6,12,14,17,21,27,32H,7-11H2,1-3H3,(H,28,29)/t12-,14-,17-,21+,24+,25-/m0/s1. The maximum Gasteiger partial charge on any atom is 0.352 e. The zero-order chi connectivity index (χ0) is 26.0. The Bertz CT molecular complexity index is 1160. The fourth-order valence-corrected chi connectivity index (χ4v) is 6.34. The number of esters is 2. The van der Waals surface area contributed by atoms with Crippen molar-refractivity contribution in [3.05, 3.63) is 35.1 Å². The molecule has 0 amide bonds. The number of benzene rings is 1. The number of ether oxygens (including phenoxy) is 4. The fourth-order valence-electron chi connectivity index (χ4n) is 6.34. The van der Waals surface area contributed by atoms with Gasteiger partial charge in [-0.25, -0.2) is 9.59 Å². The van der Waals surface area contributed by atoms with E-state index in [0.717, 1.165) is 11.1 Å². The third-order valence-electron chi connectivity index (χ3n) is 8.04. The third kappa shape index (κ3) is 3.33. The normalized spacial score (nSPS) is 31.3. The smallest absolute Gasteiger partial charge is 0.352 e. The van der Waals surface area contributed by atoms with Crippen molar-refractivity contribution in [3.63, 3.8) is 0 Å². The molecule has 5 rings (SSSR count). The molecule has 0 radical (unpaired) electrons. The number of likely N-dealkylation sites (N-methyl/N-ethyl adjacent to an activating group) is 1. The monoisotopic (exact) mass is 503 g/mol. The lowest BCUT2D eigenvalue weighted by Crippen LogP contribution is -2.74. The van der Waals surface area contributed by atoms with Gasteiger partial charge < -0.3 is 39.2 Å². The minimum atomic E-state index is -1.91. The fraction of sp³-hybridized carbons (Fsp3) is 0.560. The summed E-state index contributed by atoms with van der Waals surface area (Å²) in [4.78, 5) is 37.7. The second kappa shape index (κ2) is 8.46.